The Morgan fingerprint density at radius 2 is 1.57 bits per heavy atom. The van der Waals surface area contributed by atoms with Gasteiger partial charge in [0.25, 0.3) is 0 Å². The first-order valence-corrected chi connectivity index (χ1v) is 9.77. The molecule has 0 aliphatic carbocycles. The molecule has 1 unspecified atom stereocenters. The highest BCUT2D eigenvalue weighted by molar-refractivity contribution is 5.75. The highest BCUT2D eigenvalue weighted by Crippen LogP contribution is 2.19. The van der Waals surface area contributed by atoms with Gasteiger partial charge < -0.3 is 14.2 Å². The molecule has 5 heteroatoms. The Balaban J connectivity index is 1.64. The number of benzene rings is 3. The first-order valence-electron chi connectivity index (χ1n) is 9.77. The lowest BCUT2D eigenvalue weighted by Gasteiger charge is -2.18. The minimum Gasteiger partial charge on any atom is -0.489 e. The van der Waals surface area contributed by atoms with E-state index >= 15 is 0 Å². The van der Waals surface area contributed by atoms with Crippen LogP contribution in [0.15, 0.2) is 78.9 Å². The number of nitrogens with zero attached hydrogens (tertiary/aromatic N) is 1. The van der Waals surface area contributed by atoms with Crippen LogP contribution in [0.5, 0.6) is 11.5 Å². The van der Waals surface area contributed by atoms with Crippen molar-refractivity contribution in [2.75, 3.05) is 6.61 Å². The molecular weight excluding hydrogens is 378 g/mol. The van der Waals surface area contributed by atoms with Crippen molar-refractivity contribution in [1.29, 1.82) is 5.26 Å². The molecule has 0 spiro atoms. The lowest BCUT2D eigenvalue weighted by Crippen LogP contribution is -2.31. The van der Waals surface area contributed by atoms with E-state index in [1.54, 1.807) is 31.2 Å². The highest BCUT2D eigenvalue weighted by atomic mass is 16.6. The molecule has 1 atom stereocenters. The fourth-order valence-corrected chi connectivity index (χ4v) is 2.86. The molecule has 3 aromatic carbocycles. The van der Waals surface area contributed by atoms with Crippen LogP contribution < -0.4 is 9.47 Å². The predicted octanol–water partition coefficient (Wildman–Crippen LogP) is 4.69. The molecule has 0 radical (unpaired) electrons. The molecule has 0 fully saturated rings. The van der Waals surface area contributed by atoms with E-state index in [0.29, 0.717) is 24.3 Å². The van der Waals surface area contributed by atoms with Gasteiger partial charge in [-0.3, -0.25) is 0 Å². The molecule has 0 bridgehead atoms. The summed E-state index contributed by atoms with van der Waals surface area (Å²) in [6, 6.07) is 26.2. The summed E-state index contributed by atoms with van der Waals surface area (Å²) in [7, 11) is 0. The Labute approximate surface area is 176 Å². The second-order valence-electron chi connectivity index (χ2n) is 6.62. The molecule has 0 N–H and O–H groups in total. The Kier molecular flexibility index (Phi) is 7.45. The largest absolute Gasteiger partial charge is 0.489 e. The average molecular weight is 401 g/mol. The van der Waals surface area contributed by atoms with Crippen LogP contribution in [-0.2, 0) is 22.6 Å². The molecule has 152 valence electrons. The van der Waals surface area contributed by atoms with E-state index in [0.717, 1.165) is 16.9 Å². The van der Waals surface area contributed by atoms with Gasteiger partial charge in [-0.25, -0.2) is 4.79 Å². The SMILES string of the molecule is CCOC(=O)C(Cc1ccc(OCc2ccccc2)cc1)Oc1ccc(C#N)cc1. The Bertz CT molecular complexity index is 976. The number of carbonyl (C=O) groups is 1. The van der Waals surface area contributed by atoms with Gasteiger partial charge in [0.05, 0.1) is 18.2 Å². The molecule has 0 amide bonds. The smallest absolute Gasteiger partial charge is 0.347 e. The van der Waals surface area contributed by atoms with Crippen molar-refractivity contribution in [1.82, 2.24) is 0 Å². The van der Waals surface area contributed by atoms with Gasteiger partial charge in [-0.1, -0.05) is 42.5 Å². The summed E-state index contributed by atoms with van der Waals surface area (Å²) in [6.45, 7) is 2.53. The van der Waals surface area contributed by atoms with Gasteiger partial charge in [0.1, 0.15) is 18.1 Å². The van der Waals surface area contributed by atoms with Crippen molar-refractivity contribution in [2.45, 2.75) is 26.1 Å². The normalized spacial score (nSPS) is 11.2. The third-order valence-electron chi connectivity index (χ3n) is 4.40. The van der Waals surface area contributed by atoms with Gasteiger partial charge in [-0.2, -0.15) is 5.26 Å². The zero-order valence-corrected chi connectivity index (χ0v) is 16.8. The van der Waals surface area contributed by atoms with E-state index in [1.165, 1.54) is 0 Å². The predicted molar refractivity (Wildman–Crippen MR) is 113 cm³/mol. The maximum atomic E-state index is 12.4. The second kappa shape index (κ2) is 10.7. The number of hydrogen-bond donors (Lipinski definition) is 0. The van der Waals surface area contributed by atoms with Crippen molar-refractivity contribution < 1.29 is 19.0 Å². The summed E-state index contributed by atoms with van der Waals surface area (Å²) in [5.74, 6) is 0.837. The molecule has 5 nitrogen and oxygen atoms in total. The lowest BCUT2D eigenvalue weighted by molar-refractivity contribution is -0.151. The van der Waals surface area contributed by atoms with Crippen LogP contribution in [0.1, 0.15) is 23.6 Å². The van der Waals surface area contributed by atoms with Gasteiger partial charge in [-0.15, -0.1) is 0 Å². The number of nitriles is 1. The monoisotopic (exact) mass is 401 g/mol. The zero-order chi connectivity index (χ0) is 21.2. The molecule has 0 saturated carbocycles. The summed E-state index contributed by atoms with van der Waals surface area (Å²) in [6.07, 6.45) is -0.424. The average Bonchev–Trinajstić information content (AvgIpc) is 2.79. The van der Waals surface area contributed by atoms with E-state index < -0.39 is 12.1 Å². The first kappa shape index (κ1) is 20.9. The van der Waals surface area contributed by atoms with Crippen LogP contribution in [0, 0.1) is 11.3 Å². The maximum absolute atomic E-state index is 12.4. The van der Waals surface area contributed by atoms with Crippen molar-refractivity contribution in [3.8, 4) is 17.6 Å². The van der Waals surface area contributed by atoms with Crippen LogP contribution in [-0.4, -0.2) is 18.7 Å². The van der Waals surface area contributed by atoms with Gasteiger partial charge in [0.2, 0.25) is 0 Å². The van der Waals surface area contributed by atoms with E-state index in [1.807, 2.05) is 54.6 Å². The lowest BCUT2D eigenvalue weighted by atomic mass is 10.1. The third kappa shape index (κ3) is 6.11. The summed E-state index contributed by atoms with van der Waals surface area (Å²) >= 11 is 0. The zero-order valence-electron chi connectivity index (χ0n) is 16.8. The minimum absolute atomic E-state index is 0.276. The van der Waals surface area contributed by atoms with E-state index in [-0.39, 0.29) is 6.61 Å². The number of carbonyl (C=O) groups excluding carboxylic acids is 1. The van der Waals surface area contributed by atoms with Crippen molar-refractivity contribution in [3.05, 3.63) is 95.6 Å². The molecule has 0 saturated heterocycles. The van der Waals surface area contributed by atoms with Crippen LogP contribution >= 0.6 is 0 Å². The molecule has 3 rings (SSSR count). The quantitative estimate of drug-likeness (QED) is 0.487. The van der Waals surface area contributed by atoms with E-state index in [9.17, 15) is 4.79 Å². The summed E-state index contributed by atoms with van der Waals surface area (Å²) in [4.78, 5) is 12.4. The number of esters is 1. The summed E-state index contributed by atoms with van der Waals surface area (Å²) < 4.78 is 16.8. The molecule has 0 aliphatic rings. The Morgan fingerprint density at radius 3 is 2.20 bits per heavy atom. The van der Waals surface area contributed by atoms with E-state index in [2.05, 4.69) is 6.07 Å². The molecule has 0 aliphatic heterocycles. The van der Waals surface area contributed by atoms with Gasteiger partial charge in [-0.05, 0) is 54.4 Å². The fourth-order valence-electron chi connectivity index (χ4n) is 2.86. The Morgan fingerprint density at radius 1 is 0.900 bits per heavy atom. The third-order valence-corrected chi connectivity index (χ3v) is 4.40. The fraction of sp³-hybridized carbons (Fsp3) is 0.200. The topological polar surface area (TPSA) is 68.6 Å². The van der Waals surface area contributed by atoms with Crippen LogP contribution in [0.2, 0.25) is 0 Å². The first-order chi connectivity index (χ1) is 14.7. The molecule has 30 heavy (non-hydrogen) atoms. The van der Waals surface area contributed by atoms with Gasteiger partial charge >= 0.3 is 5.97 Å². The maximum Gasteiger partial charge on any atom is 0.347 e. The Hall–Kier alpha value is -3.78. The molecule has 3 aromatic rings. The standard InChI is InChI=1S/C25H23NO4/c1-2-28-25(27)24(30-23-14-10-20(17-26)11-15-23)16-19-8-12-22(13-9-19)29-18-21-6-4-3-5-7-21/h3-15,24H,2,16,18H2,1H3. The van der Waals surface area contributed by atoms with Crippen molar-refractivity contribution >= 4 is 5.97 Å². The van der Waals surface area contributed by atoms with Gasteiger partial charge in [0, 0.05) is 6.42 Å². The number of rotatable bonds is 9. The minimum atomic E-state index is -0.783. The van der Waals surface area contributed by atoms with E-state index in [4.69, 9.17) is 19.5 Å². The van der Waals surface area contributed by atoms with Crippen LogP contribution in [0.4, 0.5) is 0 Å². The molecule has 0 aromatic heterocycles. The second-order valence-corrected chi connectivity index (χ2v) is 6.62. The summed E-state index contributed by atoms with van der Waals surface area (Å²) in [5, 5.41) is 8.91. The molecular formula is C25H23NO4. The number of hydrogen-bond acceptors (Lipinski definition) is 5. The summed E-state index contributed by atoms with van der Waals surface area (Å²) in [5.41, 5.74) is 2.55. The van der Waals surface area contributed by atoms with Crippen LogP contribution in [0.25, 0.3) is 0 Å². The van der Waals surface area contributed by atoms with Gasteiger partial charge in [0.15, 0.2) is 6.10 Å². The van der Waals surface area contributed by atoms with Crippen molar-refractivity contribution in [3.63, 3.8) is 0 Å². The van der Waals surface area contributed by atoms with Crippen LogP contribution in [0.3, 0.4) is 0 Å². The van der Waals surface area contributed by atoms with Crippen molar-refractivity contribution in [2.24, 2.45) is 0 Å². The molecule has 0 heterocycles. The number of ether oxygens (including phenoxy) is 3. The highest BCUT2D eigenvalue weighted by Gasteiger charge is 2.22.